The van der Waals surface area contributed by atoms with E-state index in [0.717, 1.165) is 0 Å². The fraction of sp³-hybridized carbons (Fsp3) is 0.250. The summed E-state index contributed by atoms with van der Waals surface area (Å²) in [7, 11) is 0. The zero-order valence-corrected chi connectivity index (χ0v) is 13.1. The third-order valence-corrected chi connectivity index (χ3v) is 4.77. The predicted octanol–water partition coefficient (Wildman–Crippen LogP) is 2.62. The van der Waals surface area contributed by atoms with E-state index >= 15 is 0 Å². The Bertz CT molecular complexity index is 800. The highest BCUT2D eigenvalue weighted by atomic mass is 16.6. The van der Waals surface area contributed by atoms with Crippen LogP contribution in [0.25, 0.3) is 11.1 Å². The lowest BCUT2D eigenvalue weighted by Crippen LogP contribution is -2.62. The quantitative estimate of drug-likeness (QED) is 0.866. The fourth-order valence-electron chi connectivity index (χ4n) is 3.49. The lowest BCUT2D eigenvalue weighted by atomic mass is 9.96. The van der Waals surface area contributed by atoms with E-state index in [4.69, 9.17) is 11.2 Å². The molecule has 24 heavy (non-hydrogen) atoms. The first-order valence-corrected chi connectivity index (χ1v) is 7.91. The number of likely N-dealkylation sites (tertiary alicyclic amines) is 1. The number of aliphatic hydroxyl groups is 1. The smallest absolute Gasteiger partial charge is 0.410 e. The lowest BCUT2D eigenvalue weighted by molar-refractivity contribution is -0.0478. The molecule has 0 aromatic heterocycles. The molecule has 1 fully saturated rings. The van der Waals surface area contributed by atoms with Crippen molar-refractivity contribution in [2.45, 2.75) is 11.5 Å². The van der Waals surface area contributed by atoms with Gasteiger partial charge in [0.15, 0.2) is 5.60 Å². The molecular weight excluding hydrogens is 302 g/mol. The minimum Gasteiger partial charge on any atom is -0.448 e. The van der Waals surface area contributed by atoms with Crippen LogP contribution in [0.5, 0.6) is 0 Å². The maximum Gasteiger partial charge on any atom is 0.410 e. The molecule has 1 amide bonds. The summed E-state index contributed by atoms with van der Waals surface area (Å²) in [5.41, 5.74) is 3.54. The summed E-state index contributed by atoms with van der Waals surface area (Å²) in [5.74, 6) is 2.33. The average Bonchev–Trinajstić information content (AvgIpc) is 2.91. The molecule has 4 nitrogen and oxygen atoms in total. The molecule has 1 N–H and O–H groups in total. The number of β-amino-alcohol motifs (C(OH)–C–C–N with tert-alkyl or cyclic N) is 1. The second-order valence-corrected chi connectivity index (χ2v) is 6.34. The Morgan fingerprint density at radius 1 is 1.17 bits per heavy atom. The number of hydrogen-bond acceptors (Lipinski definition) is 3. The van der Waals surface area contributed by atoms with Crippen LogP contribution < -0.4 is 0 Å². The number of terminal acetylenes is 1. The Labute approximate surface area is 140 Å². The average molecular weight is 319 g/mol. The van der Waals surface area contributed by atoms with E-state index in [0.29, 0.717) is 0 Å². The molecule has 1 saturated heterocycles. The van der Waals surface area contributed by atoms with Crippen LogP contribution in [0.15, 0.2) is 48.5 Å². The van der Waals surface area contributed by atoms with Crippen molar-refractivity contribution in [2.24, 2.45) is 0 Å². The van der Waals surface area contributed by atoms with Gasteiger partial charge in [0.1, 0.15) is 6.61 Å². The van der Waals surface area contributed by atoms with Crippen molar-refractivity contribution in [3.8, 4) is 23.5 Å². The van der Waals surface area contributed by atoms with Gasteiger partial charge in [-0.1, -0.05) is 54.5 Å². The molecule has 4 rings (SSSR count). The highest BCUT2D eigenvalue weighted by Gasteiger charge is 2.43. The van der Waals surface area contributed by atoms with E-state index in [1.54, 1.807) is 0 Å². The molecule has 2 aliphatic rings. The number of carbonyl (C=O) groups is 1. The standard InChI is InChI=1S/C20H17NO3/c1-2-20(23)12-21(13-20)19(22)24-11-18-16-9-5-3-7-14(16)15-8-4-6-10-17(15)18/h1,3-10,18,23H,11-13H2. The van der Waals surface area contributed by atoms with Gasteiger partial charge in [-0.25, -0.2) is 4.79 Å². The van der Waals surface area contributed by atoms with Gasteiger partial charge < -0.3 is 14.7 Å². The van der Waals surface area contributed by atoms with Gasteiger partial charge in [0.2, 0.25) is 0 Å². The van der Waals surface area contributed by atoms with E-state index in [1.807, 2.05) is 24.3 Å². The lowest BCUT2D eigenvalue weighted by Gasteiger charge is -2.42. The van der Waals surface area contributed by atoms with Crippen LogP contribution in [-0.4, -0.2) is 41.4 Å². The van der Waals surface area contributed by atoms with Crippen LogP contribution in [0, 0.1) is 12.3 Å². The Morgan fingerprint density at radius 2 is 1.71 bits per heavy atom. The highest BCUT2D eigenvalue weighted by molar-refractivity contribution is 5.79. The maximum atomic E-state index is 12.1. The van der Waals surface area contributed by atoms with Crippen molar-refractivity contribution in [2.75, 3.05) is 19.7 Å². The molecule has 1 aliphatic carbocycles. The number of fused-ring (bicyclic) bond motifs is 3. The molecule has 0 bridgehead atoms. The molecule has 2 aromatic rings. The summed E-state index contributed by atoms with van der Waals surface area (Å²) < 4.78 is 5.49. The summed E-state index contributed by atoms with van der Waals surface area (Å²) in [6.07, 6.45) is 4.80. The highest BCUT2D eigenvalue weighted by Crippen LogP contribution is 2.44. The Balaban J connectivity index is 1.50. The summed E-state index contributed by atoms with van der Waals surface area (Å²) in [6.45, 7) is 0.526. The largest absolute Gasteiger partial charge is 0.448 e. The van der Waals surface area contributed by atoms with Gasteiger partial charge in [-0.15, -0.1) is 6.42 Å². The third kappa shape index (κ3) is 2.26. The number of carbonyl (C=O) groups excluding carboxylic acids is 1. The molecule has 2 aromatic carbocycles. The van der Waals surface area contributed by atoms with Gasteiger partial charge in [-0.05, 0) is 22.3 Å². The predicted molar refractivity (Wildman–Crippen MR) is 90.4 cm³/mol. The van der Waals surface area contributed by atoms with Crippen LogP contribution in [0.3, 0.4) is 0 Å². The van der Waals surface area contributed by atoms with Crippen molar-refractivity contribution >= 4 is 6.09 Å². The summed E-state index contributed by atoms with van der Waals surface area (Å²) in [4.78, 5) is 13.6. The van der Waals surface area contributed by atoms with Crippen LogP contribution in [0.1, 0.15) is 17.0 Å². The molecule has 1 heterocycles. The van der Waals surface area contributed by atoms with Gasteiger partial charge in [0.25, 0.3) is 0 Å². The normalized spacial score (nSPS) is 17.4. The number of amides is 1. The number of ether oxygens (including phenoxy) is 1. The SMILES string of the molecule is C#CC1(O)CN(C(=O)OCC2c3ccccc3-c3ccccc32)C1. The van der Waals surface area contributed by atoms with Crippen molar-refractivity contribution in [3.63, 3.8) is 0 Å². The Morgan fingerprint density at radius 3 is 2.25 bits per heavy atom. The summed E-state index contributed by atoms with van der Waals surface area (Å²) in [6, 6.07) is 16.4. The minimum absolute atomic E-state index is 0.0362. The van der Waals surface area contributed by atoms with E-state index < -0.39 is 11.7 Å². The topological polar surface area (TPSA) is 49.8 Å². The van der Waals surface area contributed by atoms with Gasteiger partial charge in [-0.2, -0.15) is 0 Å². The van der Waals surface area contributed by atoms with Crippen LogP contribution in [0.2, 0.25) is 0 Å². The number of nitrogens with zero attached hydrogens (tertiary/aromatic N) is 1. The summed E-state index contributed by atoms with van der Waals surface area (Å²) >= 11 is 0. The van der Waals surface area contributed by atoms with Crippen molar-refractivity contribution in [3.05, 3.63) is 59.7 Å². The van der Waals surface area contributed by atoms with Crippen molar-refractivity contribution in [1.29, 1.82) is 0 Å². The van der Waals surface area contributed by atoms with E-state index in [2.05, 4.69) is 30.2 Å². The maximum absolute atomic E-state index is 12.1. The van der Waals surface area contributed by atoms with Gasteiger partial charge in [0.05, 0.1) is 13.1 Å². The molecule has 1 aliphatic heterocycles. The molecule has 0 spiro atoms. The third-order valence-electron chi connectivity index (χ3n) is 4.77. The first kappa shape index (κ1) is 14.8. The number of rotatable bonds is 2. The number of benzene rings is 2. The number of hydrogen-bond donors (Lipinski definition) is 1. The second-order valence-electron chi connectivity index (χ2n) is 6.34. The second kappa shape index (κ2) is 5.40. The van der Waals surface area contributed by atoms with E-state index in [9.17, 15) is 9.90 Å². The molecule has 0 atom stereocenters. The zero-order chi connectivity index (χ0) is 16.7. The van der Waals surface area contributed by atoms with Crippen molar-refractivity contribution < 1.29 is 14.6 Å². The van der Waals surface area contributed by atoms with Gasteiger partial charge in [0, 0.05) is 5.92 Å². The van der Waals surface area contributed by atoms with Crippen molar-refractivity contribution in [1.82, 2.24) is 4.90 Å². The van der Waals surface area contributed by atoms with E-state index in [-0.39, 0.29) is 25.6 Å². The minimum atomic E-state index is -1.20. The zero-order valence-electron chi connectivity index (χ0n) is 13.1. The van der Waals surface area contributed by atoms with Gasteiger partial charge >= 0.3 is 6.09 Å². The monoisotopic (exact) mass is 319 g/mol. The van der Waals surface area contributed by atoms with Crippen LogP contribution in [0.4, 0.5) is 4.79 Å². The molecule has 4 heteroatoms. The van der Waals surface area contributed by atoms with Crippen LogP contribution in [-0.2, 0) is 4.74 Å². The Hall–Kier alpha value is -2.77. The molecule has 0 saturated carbocycles. The molecule has 0 radical (unpaired) electrons. The molecular formula is C20H17NO3. The van der Waals surface area contributed by atoms with Gasteiger partial charge in [-0.3, -0.25) is 0 Å². The first-order valence-electron chi connectivity index (χ1n) is 7.91. The summed E-state index contributed by atoms with van der Waals surface area (Å²) in [5, 5.41) is 9.79. The first-order chi connectivity index (χ1) is 11.6. The molecule has 120 valence electrons. The van der Waals surface area contributed by atoms with Crippen LogP contribution >= 0.6 is 0 Å². The Kier molecular flexibility index (Phi) is 3.33. The fourth-order valence-corrected chi connectivity index (χ4v) is 3.49. The molecule has 0 unspecified atom stereocenters. The van der Waals surface area contributed by atoms with E-state index in [1.165, 1.54) is 27.2 Å².